The summed E-state index contributed by atoms with van der Waals surface area (Å²) in [7, 11) is 1.56. The number of nitrogens with zero attached hydrogens (tertiary/aromatic N) is 2. The Hall–Kier alpha value is -0.326. The van der Waals surface area contributed by atoms with Crippen LogP contribution in [0.4, 0.5) is 0 Å². The van der Waals surface area contributed by atoms with Crippen molar-refractivity contribution in [2.45, 2.75) is 37.9 Å². The molecule has 6 nitrogen and oxygen atoms in total. The molecule has 0 aromatic heterocycles. The Kier molecular flexibility index (Phi) is 4.11. The van der Waals surface area contributed by atoms with Gasteiger partial charge in [-0.05, 0) is 33.4 Å². The maximum absolute atomic E-state index is 12.1. The summed E-state index contributed by atoms with van der Waals surface area (Å²) in [6.07, 6.45) is 2.27. The molecule has 17 heavy (non-hydrogen) atoms. The van der Waals surface area contributed by atoms with Crippen LogP contribution in [0.15, 0.2) is 0 Å². The van der Waals surface area contributed by atoms with Gasteiger partial charge in [0.25, 0.3) is 11.8 Å². The smallest absolute Gasteiger partial charge is 0.540 e. The number of rotatable bonds is 2. The summed E-state index contributed by atoms with van der Waals surface area (Å²) >= 11 is 0. The Bertz CT molecular complexity index is 376. The maximum atomic E-state index is 12.1. The number of nitrogens with one attached hydrogen (secondary N) is 1. The van der Waals surface area contributed by atoms with Gasteiger partial charge in [-0.1, -0.05) is 0 Å². The third kappa shape index (κ3) is 1.77. The second-order valence-electron chi connectivity index (χ2n) is 4.39. The number of carbonyl (C=O) groups excluding carboxylic acids is 3. The largest absolute Gasteiger partial charge is 3.00 e. The molecule has 0 aliphatic carbocycles. The quantitative estimate of drug-likeness (QED) is 0.515. The van der Waals surface area contributed by atoms with E-state index in [2.05, 4.69) is 5.32 Å². The third-order valence-electron chi connectivity index (χ3n) is 3.42. The molecule has 0 aromatic carbocycles. The first-order valence-electron chi connectivity index (χ1n) is 5.21. The number of carbonyl (C=O) groups is 2. The van der Waals surface area contributed by atoms with Crippen molar-refractivity contribution >= 4 is 18.1 Å². The van der Waals surface area contributed by atoms with Crippen LogP contribution in [0.5, 0.6) is 0 Å². The fourth-order valence-corrected chi connectivity index (χ4v) is 2.28. The summed E-state index contributed by atoms with van der Waals surface area (Å²) in [4.78, 5) is 34.9. The molecule has 0 aromatic rings. The van der Waals surface area contributed by atoms with Gasteiger partial charge in [-0.15, -0.1) is 0 Å². The molecule has 2 amide bonds. The van der Waals surface area contributed by atoms with Crippen LogP contribution in [0, 0.1) is 0 Å². The van der Waals surface area contributed by atoms with E-state index in [-0.39, 0.29) is 50.6 Å². The van der Waals surface area contributed by atoms with E-state index in [0.29, 0.717) is 6.42 Å². The van der Waals surface area contributed by atoms with Crippen molar-refractivity contribution in [1.29, 1.82) is 0 Å². The molecule has 2 fully saturated rings. The molecule has 2 heterocycles. The van der Waals surface area contributed by atoms with Crippen LogP contribution < -0.4 is 5.32 Å². The van der Waals surface area contributed by atoms with Crippen molar-refractivity contribution in [2.24, 2.45) is 0 Å². The first-order chi connectivity index (χ1) is 7.47. The van der Waals surface area contributed by atoms with Crippen LogP contribution >= 0.6 is 0 Å². The topological polar surface area (TPSA) is 69.7 Å². The van der Waals surface area contributed by atoms with Crippen LogP contribution in [0.25, 0.3) is 0 Å². The normalized spacial score (nSPS) is 35.9. The van der Waals surface area contributed by atoms with Gasteiger partial charge in [-0.2, -0.15) is 0 Å². The first kappa shape index (κ1) is 14.7. The van der Waals surface area contributed by atoms with E-state index >= 15 is 0 Å². The van der Waals surface area contributed by atoms with E-state index in [1.54, 1.807) is 7.05 Å². The summed E-state index contributed by atoms with van der Waals surface area (Å²) < 4.78 is 0. The fourth-order valence-electron chi connectivity index (χ4n) is 2.28. The van der Waals surface area contributed by atoms with Gasteiger partial charge >= 0.3 is 32.7 Å². The molecule has 7 heteroatoms. The summed E-state index contributed by atoms with van der Waals surface area (Å²) in [5.41, 5.74) is -1.25. The van der Waals surface area contributed by atoms with Crippen LogP contribution in [-0.2, 0) is 47.1 Å². The summed E-state index contributed by atoms with van der Waals surface area (Å²) in [5.74, 6) is -0.678. The van der Waals surface area contributed by atoms with Crippen LogP contribution in [0.3, 0.4) is 0 Å². The number of hydrogen-bond acceptors (Lipinski definition) is 4. The molecule has 1 N–H and O–H groups in total. The molecule has 2 rings (SSSR count). The van der Waals surface area contributed by atoms with Gasteiger partial charge in [0.2, 0.25) is 0 Å². The molecule has 0 bridgehead atoms. The zero-order chi connectivity index (χ0) is 12.1. The van der Waals surface area contributed by atoms with E-state index in [1.165, 1.54) is 16.9 Å². The van der Waals surface area contributed by atoms with Crippen molar-refractivity contribution in [1.82, 2.24) is 15.3 Å². The number of amides is 2. The van der Waals surface area contributed by atoms with Gasteiger partial charge < -0.3 is 4.79 Å². The zero-order valence-corrected chi connectivity index (χ0v) is 12.9. The van der Waals surface area contributed by atoms with Gasteiger partial charge in [0.1, 0.15) is 0 Å². The molecule has 2 aliphatic rings. The van der Waals surface area contributed by atoms with Crippen molar-refractivity contribution in [3.63, 3.8) is 0 Å². The first-order valence-corrected chi connectivity index (χ1v) is 5.21. The van der Waals surface area contributed by atoms with Gasteiger partial charge in [-0.25, -0.2) is 11.3 Å². The monoisotopic (exact) mass is 313 g/mol. The Morgan fingerprint density at radius 3 is 2.35 bits per heavy atom. The second-order valence-corrected chi connectivity index (χ2v) is 4.39. The molecule has 3 unspecified atom stereocenters. The van der Waals surface area contributed by atoms with Crippen molar-refractivity contribution in [3.05, 3.63) is 0 Å². The number of hydrogen-bond donors (Lipinski definition) is 1. The van der Waals surface area contributed by atoms with Crippen molar-refractivity contribution in [3.8, 4) is 0 Å². The molecular weight excluding hydrogens is 299 g/mol. The van der Waals surface area contributed by atoms with Crippen LogP contribution in [0.2, 0.25) is 0 Å². The SMILES string of the molecule is CNC1(C)C(=O)N2C(C)CC([C-]=O)N2C1=O.[Y+3]. The molecule has 0 radical (unpaired) electrons. The Labute approximate surface area is 125 Å². The predicted molar refractivity (Wildman–Crippen MR) is 54.7 cm³/mol. The number of hydrazine groups is 1. The second kappa shape index (κ2) is 4.74. The van der Waals surface area contributed by atoms with E-state index < -0.39 is 11.6 Å². The van der Waals surface area contributed by atoms with Crippen molar-refractivity contribution < 1.29 is 47.1 Å². The molecular formula is C10H14N3O3Y+2. The molecule has 0 saturated carbocycles. The molecule has 2 saturated heterocycles. The zero-order valence-electron chi connectivity index (χ0n) is 10.1. The van der Waals surface area contributed by atoms with E-state index in [1.807, 2.05) is 13.2 Å². The minimum Gasteiger partial charge on any atom is -0.540 e. The van der Waals surface area contributed by atoms with Gasteiger partial charge in [0.05, 0.1) is 6.04 Å². The summed E-state index contributed by atoms with van der Waals surface area (Å²) in [6.45, 7) is 3.35. The predicted octanol–water partition coefficient (Wildman–Crippen LogP) is -1.18. The molecule has 3 atom stereocenters. The number of likely N-dealkylation sites (N-methyl/N-ethyl adjacent to an activating group) is 1. The number of fused-ring (bicyclic) bond motifs is 1. The van der Waals surface area contributed by atoms with Gasteiger partial charge in [0, 0.05) is 0 Å². The molecule has 0 spiro atoms. The van der Waals surface area contributed by atoms with Crippen LogP contribution in [0.1, 0.15) is 20.3 Å². The van der Waals surface area contributed by atoms with Crippen molar-refractivity contribution in [2.75, 3.05) is 7.05 Å². The standard InChI is InChI=1S/C10H14N3O3.Y/c1-6-4-7(5-14)13-9(16)10(2,11-3)8(15)12(6)13;/h6-7,11H,4H2,1-3H3;/q-1;+3. The van der Waals surface area contributed by atoms with E-state index in [9.17, 15) is 14.4 Å². The Balaban J connectivity index is 0.00000144. The average molecular weight is 313 g/mol. The van der Waals surface area contributed by atoms with E-state index in [4.69, 9.17) is 0 Å². The fraction of sp³-hybridized carbons (Fsp3) is 0.700. The molecule has 88 valence electrons. The third-order valence-corrected chi connectivity index (χ3v) is 3.42. The summed E-state index contributed by atoms with van der Waals surface area (Å²) in [5, 5.41) is 5.32. The minimum atomic E-state index is -1.25. The Morgan fingerprint density at radius 1 is 1.35 bits per heavy atom. The average Bonchev–Trinajstić information content (AvgIpc) is 2.70. The molecule has 2 aliphatic heterocycles. The Morgan fingerprint density at radius 2 is 1.88 bits per heavy atom. The minimum absolute atomic E-state index is 0. The van der Waals surface area contributed by atoms with Crippen LogP contribution in [-0.4, -0.2) is 52.8 Å². The van der Waals surface area contributed by atoms with Gasteiger partial charge in [-0.3, -0.25) is 19.9 Å². The maximum Gasteiger partial charge on any atom is 3.00 e. The summed E-state index contributed by atoms with van der Waals surface area (Å²) in [6, 6.07) is -0.778. The van der Waals surface area contributed by atoms with Gasteiger partial charge in [0.15, 0.2) is 5.54 Å². The van der Waals surface area contributed by atoms with E-state index in [0.717, 1.165) is 0 Å².